The van der Waals surface area contributed by atoms with E-state index in [2.05, 4.69) is 19.1 Å². The second-order valence-electron chi connectivity index (χ2n) is 3.61. The maximum atomic E-state index is 5.57. The van der Waals surface area contributed by atoms with E-state index >= 15 is 0 Å². The molecule has 1 heteroatoms. The summed E-state index contributed by atoms with van der Waals surface area (Å²) in [5.74, 6) is 2.41. The van der Waals surface area contributed by atoms with Gasteiger partial charge in [-0.1, -0.05) is 31.9 Å². The first-order chi connectivity index (χ1) is 5.33. The molecular weight excluding hydrogens is 156 g/mol. The molecule has 0 saturated heterocycles. The second-order valence-corrected chi connectivity index (χ2v) is 3.92. The number of halogens is 1. The van der Waals surface area contributed by atoms with E-state index in [0.717, 1.165) is 11.8 Å². The van der Waals surface area contributed by atoms with Gasteiger partial charge in [-0.2, -0.15) is 0 Å². The highest BCUT2D eigenvalue weighted by Gasteiger charge is 2.15. The molecule has 2 unspecified atom stereocenters. The molecule has 2 atom stereocenters. The molecule has 0 aromatic rings. The van der Waals surface area contributed by atoms with E-state index in [-0.39, 0.29) is 0 Å². The molecule has 0 spiro atoms. The molecule has 1 aliphatic carbocycles. The molecule has 1 rings (SSSR count). The average molecular weight is 173 g/mol. The van der Waals surface area contributed by atoms with Crippen LogP contribution in [0.2, 0.25) is 0 Å². The van der Waals surface area contributed by atoms with E-state index in [1.54, 1.807) is 0 Å². The summed E-state index contributed by atoms with van der Waals surface area (Å²) < 4.78 is 0. The summed E-state index contributed by atoms with van der Waals surface area (Å²) in [5, 5.41) is 0. The molecule has 0 radical (unpaired) electrons. The molecule has 1 saturated carbocycles. The predicted molar refractivity (Wildman–Crippen MR) is 51.0 cm³/mol. The van der Waals surface area contributed by atoms with E-state index in [1.165, 1.54) is 25.7 Å². The second kappa shape index (κ2) is 4.82. The molecule has 0 bridgehead atoms. The van der Waals surface area contributed by atoms with Gasteiger partial charge in [-0.25, -0.2) is 0 Å². The number of rotatable bonds is 2. The Morgan fingerprint density at radius 2 is 2.27 bits per heavy atom. The van der Waals surface area contributed by atoms with Crippen LogP contribution in [-0.4, -0.2) is 5.88 Å². The third kappa shape index (κ3) is 3.29. The van der Waals surface area contributed by atoms with E-state index in [4.69, 9.17) is 11.6 Å². The summed E-state index contributed by atoms with van der Waals surface area (Å²) in [6, 6.07) is 0. The number of hydrogen-bond acceptors (Lipinski definition) is 0. The molecule has 0 amide bonds. The highest BCUT2D eigenvalue weighted by Crippen LogP contribution is 2.29. The molecule has 0 aromatic carbocycles. The van der Waals surface area contributed by atoms with Crippen molar-refractivity contribution in [1.29, 1.82) is 0 Å². The Bertz CT molecular complexity index is 129. The van der Waals surface area contributed by atoms with Crippen LogP contribution in [0.3, 0.4) is 0 Å². The first kappa shape index (κ1) is 9.12. The van der Waals surface area contributed by atoms with Crippen LogP contribution >= 0.6 is 11.6 Å². The monoisotopic (exact) mass is 172 g/mol. The molecule has 64 valence electrons. The Morgan fingerprint density at radius 1 is 1.45 bits per heavy atom. The third-order valence-electron chi connectivity index (χ3n) is 2.47. The van der Waals surface area contributed by atoms with Gasteiger partial charge in [0.15, 0.2) is 0 Å². The minimum Gasteiger partial charge on any atom is -0.122 e. The average Bonchev–Trinajstić information content (AvgIpc) is 2.01. The van der Waals surface area contributed by atoms with Gasteiger partial charge in [0.25, 0.3) is 0 Å². The Kier molecular flexibility index (Phi) is 3.99. The number of hydrogen-bond donors (Lipinski definition) is 0. The summed E-state index contributed by atoms with van der Waals surface area (Å²) in [4.78, 5) is 0. The molecule has 0 aromatic heterocycles. The quantitative estimate of drug-likeness (QED) is 0.441. The van der Waals surface area contributed by atoms with E-state index in [1.807, 2.05) is 0 Å². The zero-order chi connectivity index (χ0) is 8.10. The van der Waals surface area contributed by atoms with Crippen molar-refractivity contribution in [2.24, 2.45) is 11.8 Å². The maximum absolute atomic E-state index is 5.57. The highest BCUT2D eigenvalue weighted by atomic mass is 35.5. The normalized spacial score (nSPS) is 32.9. The van der Waals surface area contributed by atoms with Crippen LogP contribution in [0.15, 0.2) is 12.2 Å². The zero-order valence-corrected chi connectivity index (χ0v) is 7.98. The fourth-order valence-electron chi connectivity index (χ4n) is 1.90. The van der Waals surface area contributed by atoms with Gasteiger partial charge >= 0.3 is 0 Å². The van der Waals surface area contributed by atoms with Crippen molar-refractivity contribution in [1.82, 2.24) is 0 Å². The Balaban J connectivity index is 2.28. The Hall–Kier alpha value is 0.0300. The van der Waals surface area contributed by atoms with Crippen molar-refractivity contribution < 1.29 is 0 Å². The van der Waals surface area contributed by atoms with Crippen LogP contribution in [0, 0.1) is 11.8 Å². The fourth-order valence-corrected chi connectivity index (χ4v) is 2.00. The first-order valence-electron chi connectivity index (χ1n) is 4.55. The lowest BCUT2D eigenvalue weighted by molar-refractivity contribution is 0.325. The van der Waals surface area contributed by atoms with Crippen molar-refractivity contribution in [2.75, 3.05) is 5.88 Å². The Labute approximate surface area is 74.6 Å². The smallest absolute Gasteiger partial charge is 0.0404 e. The molecule has 1 fully saturated rings. The van der Waals surface area contributed by atoms with Crippen LogP contribution in [0.25, 0.3) is 0 Å². The SMILES string of the molecule is CC1CCCC(/C=C/CCl)C1. The van der Waals surface area contributed by atoms with Gasteiger partial charge in [0.2, 0.25) is 0 Å². The van der Waals surface area contributed by atoms with Crippen LogP contribution in [0.4, 0.5) is 0 Å². The molecule has 0 N–H and O–H groups in total. The fraction of sp³-hybridized carbons (Fsp3) is 0.800. The van der Waals surface area contributed by atoms with Crippen molar-refractivity contribution >= 4 is 11.6 Å². The molecule has 1 aliphatic rings. The Morgan fingerprint density at radius 3 is 2.91 bits per heavy atom. The molecule has 11 heavy (non-hydrogen) atoms. The predicted octanol–water partition coefficient (Wildman–Crippen LogP) is 3.61. The lowest BCUT2D eigenvalue weighted by Gasteiger charge is -2.23. The van der Waals surface area contributed by atoms with Crippen LogP contribution in [0.5, 0.6) is 0 Å². The number of allylic oxidation sites excluding steroid dienone is 2. The summed E-state index contributed by atoms with van der Waals surface area (Å²) in [6.45, 7) is 2.35. The van der Waals surface area contributed by atoms with Crippen LogP contribution in [-0.2, 0) is 0 Å². The van der Waals surface area contributed by atoms with Crippen molar-refractivity contribution in [3.05, 3.63) is 12.2 Å². The first-order valence-corrected chi connectivity index (χ1v) is 5.09. The highest BCUT2D eigenvalue weighted by molar-refractivity contribution is 6.18. The standard InChI is InChI=1S/C10H17Cl/c1-9-4-2-5-10(8-9)6-3-7-11/h3,6,9-10H,2,4-5,7-8H2,1H3/b6-3+. The van der Waals surface area contributed by atoms with Crippen molar-refractivity contribution in [3.8, 4) is 0 Å². The van der Waals surface area contributed by atoms with Gasteiger partial charge in [-0.15, -0.1) is 11.6 Å². The minimum absolute atomic E-state index is 0.672. The van der Waals surface area contributed by atoms with E-state index < -0.39 is 0 Å². The van der Waals surface area contributed by atoms with E-state index in [9.17, 15) is 0 Å². The van der Waals surface area contributed by atoms with Crippen molar-refractivity contribution in [3.63, 3.8) is 0 Å². The largest absolute Gasteiger partial charge is 0.122 e. The molecule has 0 nitrogen and oxygen atoms in total. The maximum Gasteiger partial charge on any atom is 0.0404 e. The van der Waals surface area contributed by atoms with E-state index in [0.29, 0.717) is 5.88 Å². The van der Waals surface area contributed by atoms with Gasteiger partial charge in [-0.3, -0.25) is 0 Å². The lowest BCUT2D eigenvalue weighted by Crippen LogP contribution is -2.10. The number of alkyl halides is 1. The summed E-state index contributed by atoms with van der Waals surface area (Å²) in [7, 11) is 0. The zero-order valence-electron chi connectivity index (χ0n) is 7.22. The van der Waals surface area contributed by atoms with Gasteiger partial charge in [0.05, 0.1) is 0 Å². The van der Waals surface area contributed by atoms with Gasteiger partial charge in [-0.05, 0) is 24.7 Å². The lowest BCUT2D eigenvalue weighted by atomic mass is 9.82. The van der Waals surface area contributed by atoms with Crippen molar-refractivity contribution in [2.45, 2.75) is 32.6 Å². The van der Waals surface area contributed by atoms with Gasteiger partial charge in [0, 0.05) is 5.88 Å². The van der Waals surface area contributed by atoms with Gasteiger partial charge in [0.1, 0.15) is 0 Å². The van der Waals surface area contributed by atoms with Crippen LogP contribution < -0.4 is 0 Å². The summed E-state index contributed by atoms with van der Waals surface area (Å²) in [5.41, 5.74) is 0. The molecular formula is C10H17Cl. The summed E-state index contributed by atoms with van der Waals surface area (Å²) >= 11 is 5.57. The third-order valence-corrected chi connectivity index (χ3v) is 2.65. The molecule has 0 aliphatic heterocycles. The summed E-state index contributed by atoms with van der Waals surface area (Å²) in [6.07, 6.45) is 9.95. The van der Waals surface area contributed by atoms with Gasteiger partial charge < -0.3 is 0 Å². The van der Waals surface area contributed by atoms with Crippen LogP contribution in [0.1, 0.15) is 32.6 Å². The topological polar surface area (TPSA) is 0 Å². The minimum atomic E-state index is 0.672. The molecule has 0 heterocycles.